The van der Waals surface area contributed by atoms with Gasteiger partial charge in [-0.05, 0) is 26.0 Å². The Morgan fingerprint density at radius 2 is 1.95 bits per heavy atom. The zero-order valence-corrected chi connectivity index (χ0v) is 12.9. The van der Waals surface area contributed by atoms with Crippen LogP contribution in [0.1, 0.15) is 45.2 Å². The van der Waals surface area contributed by atoms with Gasteiger partial charge in [-0.1, -0.05) is 32.0 Å². The van der Waals surface area contributed by atoms with Gasteiger partial charge in [0.1, 0.15) is 5.75 Å². The van der Waals surface area contributed by atoms with Crippen LogP contribution in [-0.4, -0.2) is 25.6 Å². The van der Waals surface area contributed by atoms with Gasteiger partial charge in [-0.15, -0.1) is 0 Å². The molecule has 1 unspecified atom stereocenters. The number of para-hydroxylation sites is 1. The summed E-state index contributed by atoms with van der Waals surface area (Å²) < 4.78 is 5.31. The molecule has 0 heterocycles. The van der Waals surface area contributed by atoms with Gasteiger partial charge < -0.3 is 15.4 Å². The van der Waals surface area contributed by atoms with Gasteiger partial charge in [-0.2, -0.15) is 0 Å². The number of methoxy groups -OCH3 is 1. The summed E-state index contributed by atoms with van der Waals surface area (Å²) in [6, 6.07) is 8.18. The van der Waals surface area contributed by atoms with Crippen molar-refractivity contribution >= 4 is 5.91 Å². The molecule has 1 aromatic rings. The highest BCUT2D eigenvalue weighted by Gasteiger charge is 2.13. The highest BCUT2D eigenvalue weighted by molar-refractivity contribution is 5.76. The molecule has 4 heteroatoms. The third kappa shape index (κ3) is 5.61. The molecule has 1 rings (SSSR count). The Morgan fingerprint density at radius 1 is 1.25 bits per heavy atom. The predicted octanol–water partition coefficient (Wildman–Crippen LogP) is 2.65. The summed E-state index contributed by atoms with van der Waals surface area (Å²) in [5, 5.41) is 6.32. The maximum atomic E-state index is 11.9. The number of hydrogen-bond acceptors (Lipinski definition) is 3. The summed E-state index contributed by atoms with van der Waals surface area (Å²) in [6.45, 7) is 7.05. The van der Waals surface area contributed by atoms with Gasteiger partial charge in [-0.25, -0.2) is 0 Å². The van der Waals surface area contributed by atoms with Crippen molar-refractivity contribution in [3.63, 3.8) is 0 Å². The van der Waals surface area contributed by atoms with Crippen LogP contribution in [0.5, 0.6) is 5.75 Å². The van der Waals surface area contributed by atoms with Crippen molar-refractivity contribution in [1.29, 1.82) is 0 Å². The van der Waals surface area contributed by atoms with Gasteiger partial charge in [0.15, 0.2) is 0 Å². The number of benzene rings is 1. The van der Waals surface area contributed by atoms with Crippen LogP contribution in [0, 0.1) is 0 Å². The topological polar surface area (TPSA) is 50.4 Å². The second-order valence-electron chi connectivity index (χ2n) is 5.24. The minimum absolute atomic E-state index is 0.0447. The van der Waals surface area contributed by atoms with E-state index >= 15 is 0 Å². The van der Waals surface area contributed by atoms with Gasteiger partial charge in [0, 0.05) is 18.0 Å². The maximum Gasteiger partial charge on any atom is 0.220 e. The summed E-state index contributed by atoms with van der Waals surface area (Å²) >= 11 is 0. The van der Waals surface area contributed by atoms with Crippen LogP contribution < -0.4 is 15.4 Å². The van der Waals surface area contributed by atoms with Crippen LogP contribution >= 0.6 is 0 Å². The van der Waals surface area contributed by atoms with E-state index < -0.39 is 0 Å². The molecule has 0 aliphatic carbocycles. The Morgan fingerprint density at radius 3 is 2.60 bits per heavy atom. The lowest BCUT2D eigenvalue weighted by Gasteiger charge is -2.17. The number of ether oxygens (including phenoxy) is 1. The molecule has 0 fully saturated rings. The molecule has 2 N–H and O–H groups in total. The molecular weight excluding hydrogens is 252 g/mol. The molecule has 0 bridgehead atoms. The SMILES string of the molecule is COc1ccccc1C(C)NC(=O)CCCNC(C)C. The van der Waals surface area contributed by atoms with E-state index in [1.54, 1.807) is 7.11 Å². The fourth-order valence-corrected chi connectivity index (χ4v) is 2.06. The lowest BCUT2D eigenvalue weighted by atomic mass is 10.1. The van der Waals surface area contributed by atoms with Crippen molar-refractivity contribution in [3.8, 4) is 5.75 Å². The number of carbonyl (C=O) groups excluding carboxylic acids is 1. The Hall–Kier alpha value is -1.55. The third-order valence-electron chi connectivity index (χ3n) is 3.12. The summed E-state index contributed by atoms with van der Waals surface area (Å²) in [5.74, 6) is 0.885. The molecule has 0 saturated carbocycles. The highest BCUT2D eigenvalue weighted by atomic mass is 16.5. The molecule has 20 heavy (non-hydrogen) atoms. The predicted molar refractivity (Wildman–Crippen MR) is 81.9 cm³/mol. The number of amides is 1. The molecule has 4 nitrogen and oxygen atoms in total. The highest BCUT2D eigenvalue weighted by Crippen LogP contribution is 2.24. The van der Waals surface area contributed by atoms with Gasteiger partial charge in [0.25, 0.3) is 0 Å². The van der Waals surface area contributed by atoms with Crippen LogP contribution in [0.3, 0.4) is 0 Å². The average molecular weight is 278 g/mol. The first-order valence-corrected chi connectivity index (χ1v) is 7.20. The molecule has 0 aliphatic rings. The molecule has 1 aromatic carbocycles. The minimum Gasteiger partial charge on any atom is -0.496 e. The van der Waals surface area contributed by atoms with E-state index in [2.05, 4.69) is 24.5 Å². The van der Waals surface area contributed by atoms with Gasteiger partial charge in [-0.3, -0.25) is 4.79 Å². The van der Waals surface area contributed by atoms with Crippen LogP contribution in [0.2, 0.25) is 0 Å². The van der Waals surface area contributed by atoms with Crippen LogP contribution in [0.15, 0.2) is 24.3 Å². The van der Waals surface area contributed by atoms with Crippen molar-refractivity contribution in [3.05, 3.63) is 29.8 Å². The Balaban J connectivity index is 2.41. The molecule has 0 radical (unpaired) electrons. The molecular formula is C16H26N2O2. The molecule has 0 spiro atoms. The fraction of sp³-hybridized carbons (Fsp3) is 0.562. The van der Waals surface area contributed by atoms with E-state index in [-0.39, 0.29) is 11.9 Å². The Labute approximate surface area is 121 Å². The summed E-state index contributed by atoms with van der Waals surface area (Å²) in [7, 11) is 1.64. The van der Waals surface area contributed by atoms with Gasteiger partial charge in [0.05, 0.1) is 13.2 Å². The second kappa shape index (κ2) is 8.59. The third-order valence-corrected chi connectivity index (χ3v) is 3.12. The number of carbonyl (C=O) groups is 1. The molecule has 112 valence electrons. The van der Waals surface area contributed by atoms with E-state index in [0.717, 1.165) is 24.3 Å². The second-order valence-corrected chi connectivity index (χ2v) is 5.24. The van der Waals surface area contributed by atoms with E-state index in [1.807, 2.05) is 31.2 Å². The number of nitrogens with one attached hydrogen (secondary N) is 2. The van der Waals surface area contributed by atoms with Crippen LogP contribution in [0.25, 0.3) is 0 Å². The van der Waals surface area contributed by atoms with Crippen molar-refractivity contribution in [1.82, 2.24) is 10.6 Å². The smallest absolute Gasteiger partial charge is 0.220 e. The first-order valence-electron chi connectivity index (χ1n) is 7.20. The van der Waals surface area contributed by atoms with E-state index in [9.17, 15) is 4.79 Å². The van der Waals surface area contributed by atoms with Crippen molar-refractivity contribution in [2.24, 2.45) is 0 Å². The van der Waals surface area contributed by atoms with Crippen LogP contribution in [-0.2, 0) is 4.79 Å². The summed E-state index contributed by atoms with van der Waals surface area (Å²) in [5.41, 5.74) is 1.00. The lowest BCUT2D eigenvalue weighted by Crippen LogP contribution is -2.29. The molecule has 1 amide bonds. The van der Waals surface area contributed by atoms with Gasteiger partial charge >= 0.3 is 0 Å². The monoisotopic (exact) mass is 278 g/mol. The van der Waals surface area contributed by atoms with Gasteiger partial charge in [0.2, 0.25) is 5.91 Å². The molecule has 1 atom stereocenters. The quantitative estimate of drug-likeness (QED) is 0.719. The zero-order valence-electron chi connectivity index (χ0n) is 12.9. The van der Waals surface area contributed by atoms with Crippen LogP contribution in [0.4, 0.5) is 0 Å². The summed E-state index contributed by atoms with van der Waals surface area (Å²) in [4.78, 5) is 11.9. The minimum atomic E-state index is -0.0447. The first-order chi connectivity index (χ1) is 9.54. The standard InChI is InChI=1S/C16H26N2O2/c1-12(2)17-11-7-10-16(19)18-13(3)14-8-5-6-9-15(14)20-4/h5-6,8-9,12-13,17H,7,10-11H2,1-4H3,(H,18,19). The van der Waals surface area contributed by atoms with E-state index in [1.165, 1.54) is 0 Å². The molecule has 0 aromatic heterocycles. The first kappa shape index (κ1) is 16.5. The number of rotatable bonds is 8. The van der Waals surface area contributed by atoms with Crippen molar-refractivity contribution in [2.45, 2.75) is 45.7 Å². The van der Waals surface area contributed by atoms with E-state index in [0.29, 0.717) is 12.5 Å². The number of hydrogen-bond donors (Lipinski definition) is 2. The van der Waals surface area contributed by atoms with Crippen molar-refractivity contribution < 1.29 is 9.53 Å². The zero-order chi connectivity index (χ0) is 15.0. The maximum absolute atomic E-state index is 11.9. The Kier molecular flexibility index (Phi) is 7.09. The van der Waals surface area contributed by atoms with E-state index in [4.69, 9.17) is 4.74 Å². The fourth-order valence-electron chi connectivity index (χ4n) is 2.06. The summed E-state index contributed by atoms with van der Waals surface area (Å²) in [6.07, 6.45) is 1.39. The Bertz CT molecular complexity index is 419. The normalized spacial score (nSPS) is 12.2. The molecule has 0 aliphatic heterocycles. The largest absolute Gasteiger partial charge is 0.496 e. The average Bonchev–Trinajstić information content (AvgIpc) is 2.43. The molecule has 0 saturated heterocycles. The van der Waals surface area contributed by atoms with Crippen molar-refractivity contribution in [2.75, 3.05) is 13.7 Å². The lowest BCUT2D eigenvalue weighted by molar-refractivity contribution is -0.121.